The van der Waals surface area contributed by atoms with E-state index in [2.05, 4.69) is 30.1 Å². The maximum atomic E-state index is 4.40. The Labute approximate surface area is 78.4 Å². The third kappa shape index (κ3) is 1.69. The van der Waals surface area contributed by atoms with E-state index in [-0.39, 0.29) is 0 Å². The lowest BCUT2D eigenvalue weighted by atomic mass is 10.1. The molecule has 1 aromatic carbocycles. The van der Waals surface area contributed by atoms with Crippen LogP contribution < -0.4 is 0 Å². The standard InChI is InChI=1S/C12H13N/c1-2-5-10-8-11-6-3-4-7-12(11)13-9-10/h3-4,6-9H,2,5H2,1H3. The van der Waals surface area contributed by atoms with Crippen molar-refractivity contribution in [1.82, 2.24) is 4.98 Å². The lowest BCUT2D eigenvalue weighted by molar-refractivity contribution is 0.917. The van der Waals surface area contributed by atoms with Crippen LogP contribution in [0.1, 0.15) is 18.9 Å². The van der Waals surface area contributed by atoms with E-state index < -0.39 is 0 Å². The van der Waals surface area contributed by atoms with Crippen LogP contribution in [0, 0.1) is 0 Å². The van der Waals surface area contributed by atoms with Crippen LogP contribution in [0.3, 0.4) is 0 Å². The van der Waals surface area contributed by atoms with Crippen LogP contribution in [0.5, 0.6) is 0 Å². The summed E-state index contributed by atoms with van der Waals surface area (Å²) in [7, 11) is 0. The van der Waals surface area contributed by atoms with E-state index in [1.165, 1.54) is 17.4 Å². The molecule has 0 unspecified atom stereocenters. The number of benzene rings is 1. The number of hydrogen-bond donors (Lipinski definition) is 0. The molecule has 0 spiro atoms. The summed E-state index contributed by atoms with van der Waals surface area (Å²) in [5.74, 6) is 0. The average Bonchev–Trinajstić information content (AvgIpc) is 2.18. The smallest absolute Gasteiger partial charge is 0.0702 e. The van der Waals surface area contributed by atoms with E-state index in [9.17, 15) is 0 Å². The molecule has 66 valence electrons. The largest absolute Gasteiger partial charge is 0.256 e. The predicted molar refractivity (Wildman–Crippen MR) is 55.7 cm³/mol. The number of fused-ring (bicyclic) bond motifs is 1. The Morgan fingerprint density at radius 2 is 2.08 bits per heavy atom. The zero-order valence-electron chi connectivity index (χ0n) is 7.83. The Morgan fingerprint density at radius 1 is 1.23 bits per heavy atom. The van der Waals surface area contributed by atoms with Crippen LogP contribution in [0.15, 0.2) is 36.5 Å². The van der Waals surface area contributed by atoms with Gasteiger partial charge < -0.3 is 0 Å². The molecule has 1 nitrogen and oxygen atoms in total. The molecule has 13 heavy (non-hydrogen) atoms. The third-order valence-corrected chi connectivity index (χ3v) is 2.19. The maximum absolute atomic E-state index is 4.40. The summed E-state index contributed by atoms with van der Waals surface area (Å²) in [6.45, 7) is 2.19. The first-order valence-corrected chi connectivity index (χ1v) is 4.74. The van der Waals surface area contributed by atoms with Crippen molar-refractivity contribution in [2.24, 2.45) is 0 Å². The number of aryl methyl sites for hydroxylation is 1. The lowest BCUT2D eigenvalue weighted by Gasteiger charge is -2.00. The fraction of sp³-hybridized carbons (Fsp3) is 0.250. The molecule has 0 saturated heterocycles. The molecular formula is C12H13N. The van der Waals surface area contributed by atoms with Gasteiger partial charge in [-0.05, 0) is 24.1 Å². The molecule has 0 aliphatic rings. The molecule has 0 aliphatic carbocycles. The van der Waals surface area contributed by atoms with Crippen LogP contribution in [-0.4, -0.2) is 4.98 Å². The van der Waals surface area contributed by atoms with Gasteiger partial charge in [0.25, 0.3) is 0 Å². The van der Waals surface area contributed by atoms with Crippen LogP contribution in [0.25, 0.3) is 10.9 Å². The van der Waals surface area contributed by atoms with Gasteiger partial charge in [-0.25, -0.2) is 0 Å². The van der Waals surface area contributed by atoms with Gasteiger partial charge in [0, 0.05) is 11.6 Å². The zero-order valence-corrected chi connectivity index (χ0v) is 7.83. The fourth-order valence-electron chi connectivity index (χ4n) is 1.54. The van der Waals surface area contributed by atoms with E-state index in [1.807, 2.05) is 18.3 Å². The van der Waals surface area contributed by atoms with Crippen molar-refractivity contribution in [3.05, 3.63) is 42.1 Å². The third-order valence-electron chi connectivity index (χ3n) is 2.19. The SMILES string of the molecule is CCCc1cnc2ccccc2c1. The number of pyridine rings is 1. The minimum Gasteiger partial charge on any atom is -0.256 e. The highest BCUT2D eigenvalue weighted by molar-refractivity contribution is 5.78. The van der Waals surface area contributed by atoms with Gasteiger partial charge >= 0.3 is 0 Å². The van der Waals surface area contributed by atoms with Crippen molar-refractivity contribution < 1.29 is 0 Å². The molecule has 0 fully saturated rings. The highest BCUT2D eigenvalue weighted by Crippen LogP contribution is 2.13. The quantitative estimate of drug-likeness (QED) is 0.676. The molecule has 0 amide bonds. The van der Waals surface area contributed by atoms with Gasteiger partial charge in [-0.1, -0.05) is 31.5 Å². The summed E-state index contributed by atoms with van der Waals surface area (Å²) in [5, 5.41) is 1.24. The molecule has 0 aliphatic heterocycles. The Kier molecular flexibility index (Phi) is 2.26. The molecule has 1 aromatic heterocycles. The summed E-state index contributed by atoms with van der Waals surface area (Å²) in [6, 6.07) is 10.5. The monoisotopic (exact) mass is 171 g/mol. The van der Waals surface area contributed by atoms with Crippen molar-refractivity contribution in [2.45, 2.75) is 19.8 Å². The van der Waals surface area contributed by atoms with Crippen LogP contribution >= 0.6 is 0 Å². The first-order chi connectivity index (χ1) is 6.40. The van der Waals surface area contributed by atoms with Gasteiger partial charge in [0.2, 0.25) is 0 Å². The van der Waals surface area contributed by atoms with Crippen molar-refractivity contribution in [1.29, 1.82) is 0 Å². The van der Waals surface area contributed by atoms with Gasteiger partial charge in [0.15, 0.2) is 0 Å². The van der Waals surface area contributed by atoms with Crippen molar-refractivity contribution in [3.8, 4) is 0 Å². The Balaban J connectivity index is 2.49. The summed E-state index contributed by atoms with van der Waals surface area (Å²) < 4.78 is 0. The van der Waals surface area contributed by atoms with Crippen molar-refractivity contribution in [2.75, 3.05) is 0 Å². The molecule has 0 saturated carbocycles. The molecule has 1 heterocycles. The second kappa shape index (κ2) is 3.56. The number of nitrogens with zero attached hydrogens (tertiary/aromatic N) is 1. The molecule has 2 aromatic rings. The van der Waals surface area contributed by atoms with Gasteiger partial charge in [0.1, 0.15) is 0 Å². The van der Waals surface area contributed by atoms with Crippen LogP contribution in [0.2, 0.25) is 0 Å². The zero-order chi connectivity index (χ0) is 9.10. The lowest BCUT2D eigenvalue weighted by Crippen LogP contribution is -1.85. The molecule has 0 radical (unpaired) electrons. The second-order valence-corrected chi connectivity index (χ2v) is 3.29. The molecule has 2 rings (SSSR count). The van der Waals surface area contributed by atoms with E-state index >= 15 is 0 Å². The molecule has 0 atom stereocenters. The van der Waals surface area contributed by atoms with Crippen molar-refractivity contribution >= 4 is 10.9 Å². The number of para-hydroxylation sites is 1. The fourth-order valence-corrected chi connectivity index (χ4v) is 1.54. The van der Waals surface area contributed by atoms with E-state index in [0.29, 0.717) is 0 Å². The van der Waals surface area contributed by atoms with Crippen molar-refractivity contribution in [3.63, 3.8) is 0 Å². The van der Waals surface area contributed by atoms with Crippen LogP contribution in [0.4, 0.5) is 0 Å². The predicted octanol–water partition coefficient (Wildman–Crippen LogP) is 3.19. The maximum Gasteiger partial charge on any atom is 0.0702 e. The number of aromatic nitrogens is 1. The van der Waals surface area contributed by atoms with Gasteiger partial charge in [-0.3, -0.25) is 4.98 Å². The van der Waals surface area contributed by atoms with Gasteiger partial charge in [0.05, 0.1) is 5.52 Å². The molecule has 0 bridgehead atoms. The minimum atomic E-state index is 1.09. The first kappa shape index (κ1) is 8.24. The van der Waals surface area contributed by atoms with E-state index in [4.69, 9.17) is 0 Å². The van der Waals surface area contributed by atoms with Crippen LogP contribution in [-0.2, 0) is 6.42 Å². The summed E-state index contributed by atoms with van der Waals surface area (Å²) in [4.78, 5) is 4.40. The second-order valence-electron chi connectivity index (χ2n) is 3.29. The highest BCUT2D eigenvalue weighted by atomic mass is 14.6. The minimum absolute atomic E-state index is 1.09. The number of rotatable bonds is 2. The molecule has 0 N–H and O–H groups in total. The molecular weight excluding hydrogens is 158 g/mol. The van der Waals surface area contributed by atoms with E-state index in [1.54, 1.807) is 0 Å². The van der Waals surface area contributed by atoms with Gasteiger partial charge in [-0.15, -0.1) is 0 Å². The van der Waals surface area contributed by atoms with Gasteiger partial charge in [-0.2, -0.15) is 0 Å². The Hall–Kier alpha value is -1.37. The Bertz CT molecular complexity index is 407. The molecule has 1 heteroatoms. The number of hydrogen-bond acceptors (Lipinski definition) is 1. The average molecular weight is 171 g/mol. The highest BCUT2D eigenvalue weighted by Gasteiger charge is 1.95. The summed E-state index contributed by atoms with van der Waals surface area (Å²) in [5.41, 5.74) is 2.42. The Morgan fingerprint density at radius 3 is 2.92 bits per heavy atom. The summed E-state index contributed by atoms with van der Waals surface area (Å²) >= 11 is 0. The first-order valence-electron chi connectivity index (χ1n) is 4.74. The summed E-state index contributed by atoms with van der Waals surface area (Å²) in [6.07, 6.45) is 4.28. The van der Waals surface area contributed by atoms with E-state index in [0.717, 1.165) is 11.9 Å². The normalized spacial score (nSPS) is 10.5. The topological polar surface area (TPSA) is 12.9 Å².